The number of aryl methyl sites for hydroxylation is 1. The smallest absolute Gasteiger partial charge is 0.0249 e. The summed E-state index contributed by atoms with van der Waals surface area (Å²) in [5.74, 6) is 14.5. The first-order chi connectivity index (χ1) is 12.8. The van der Waals surface area contributed by atoms with Gasteiger partial charge in [-0.1, -0.05) is 75.3 Å². The van der Waals surface area contributed by atoms with E-state index in [0.29, 0.717) is 5.92 Å². The zero-order valence-electron chi connectivity index (χ0n) is 16.7. The van der Waals surface area contributed by atoms with Crippen molar-refractivity contribution in [3.63, 3.8) is 0 Å². The van der Waals surface area contributed by atoms with Crippen LogP contribution in [0.1, 0.15) is 82.8 Å². The van der Waals surface area contributed by atoms with Crippen LogP contribution < -0.4 is 0 Å². The monoisotopic (exact) mass is 346 g/mol. The Morgan fingerprint density at radius 3 is 2.27 bits per heavy atom. The number of benzene rings is 1. The molecule has 0 amide bonds. The van der Waals surface area contributed by atoms with Gasteiger partial charge in [-0.15, -0.1) is 0 Å². The molecule has 0 heterocycles. The summed E-state index contributed by atoms with van der Waals surface area (Å²) in [6, 6.07) is 8.63. The highest BCUT2D eigenvalue weighted by molar-refractivity contribution is 5.39. The standard InChI is InChI=1S/C26H34/c1-3-5-11-23-15-19-25(20-16-23)13-9-7-8-10-14-26-21-17-24(18-22-26)12-6-4-2/h7-8,15-16,19-20,24,26H,3-6,11-12,17-18,21-22H2,1-2H3/b8-7+. The fourth-order valence-electron chi connectivity index (χ4n) is 3.60. The van der Waals surface area contributed by atoms with E-state index in [1.54, 1.807) is 0 Å². The number of unbranched alkanes of at least 4 members (excludes halogenated alkanes) is 2. The van der Waals surface area contributed by atoms with Crippen molar-refractivity contribution in [2.24, 2.45) is 11.8 Å². The molecule has 0 heteroatoms. The summed E-state index contributed by atoms with van der Waals surface area (Å²) in [5.41, 5.74) is 2.48. The minimum absolute atomic E-state index is 0.598. The molecule has 26 heavy (non-hydrogen) atoms. The van der Waals surface area contributed by atoms with Gasteiger partial charge in [-0.3, -0.25) is 0 Å². The molecule has 1 aliphatic rings. The van der Waals surface area contributed by atoms with Crippen LogP contribution in [0.4, 0.5) is 0 Å². The summed E-state index contributed by atoms with van der Waals surface area (Å²) in [6.07, 6.45) is 16.9. The van der Waals surface area contributed by atoms with Gasteiger partial charge in [-0.05, 0) is 74.3 Å². The summed E-state index contributed by atoms with van der Waals surface area (Å²) in [4.78, 5) is 0. The molecule has 1 aromatic rings. The van der Waals surface area contributed by atoms with E-state index in [-0.39, 0.29) is 0 Å². The molecule has 0 aromatic heterocycles. The van der Waals surface area contributed by atoms with Crippen LogP contribution in [0, 0.1) is 35.5 Å². The molecule has 0 unspecified atom stereocenters. The van der Waals surface area contributed by atoms with Gasteiger partial charge in [-0.2, -0.15) is 0 Å². The van der Waals surface area contributed by atoms with Crippen LogP contribution in [0.2, 0.25) is 0 Å². The Hall–Kier alpha value is -1.92. The van der Waals surface area contributed by atoms with Gasteiger partial charge < -0.3 is 0 Å². The molecule has 0 saturated heterocycles. The SMILES string of the molecule is CCCCc1ccc(C#C/C=C/C#CC2CCC(CCCC)CC2)cc1. The lowest BCUT2D eigenvalue weighted by molar-refractivity contribution is 0.296. The summed E-state index contributed by atoms with van der Waals surface area (Å²) in [5, 5.41) is 0. The maximum absolute atomic E-state index is 3.42. The van der Waals surface area contributed by atoms with Gasteiger partial charge >= 0.3 is 0 Å². The summed E-state index contributed by atoms with van der Waals surface area (Å²) < 4.78 is 0. The topological polar surface area (TPSA) is 0 Å². The molecule has 0 N–H and O–H groups in total. The third-order valence-corrected chi connectivity index (χ3v) is 5.34. The highest BCUT2D eigenvalue weighted by atomic mass is 14.2. The lowest BCUT2D eigenvalue weighted by Crippen LogP contribution is -2.13. The molecule has 0 atom stereocenters. The molecule has 1 aromatic carbocycles. The third-order valence-electron chi connectivity index (χ3n) is 5.34. The van der Waals surface area contributed by atoms with Crippen molar-refractivity contribution in [2.75, 3.05) is 0 Å². The van der Waals surface area contributed by atoms with E-state index in [4.69, 9.17) is 0 Å². The normalized spacial score (nSPS) is 19.5. The van der Waals surface area contributed by atoms with Crippen LogP contribution in [-0.4, -0.2) is 0 Å². The zero-order valence-corrected chi connectivity index (χ0v) is 16.7. The molecule has 2 rings (SSSR count). The Labute approximate surface area is 161 Å². The van der Waals surface area contributed by atoms with Crippen molar-refractivity contribution in [3.05, 3.63) is 47.5 Å². The summed E-state index contributed by atoms with van der Waals surface area (Å²) in [7, 11) is 0. The van der Waals surface area contributed by atoms with Crippen LogP contribution in [0.5, 0.6) is 0 Å². The molecule has 0 spiro atoms. The van der Waals surface area contributed by atoms with Crippen molar-refractivity contribution in [1.82, 2.24) is 0 Å². The molecule has 0 radical (unpaired) electrons. The van der Waals surface area contributed by atoms with E-state index in [0.717, 1.165) is 11.5 Å². The van der Waals surface area contributed by atoms with E-state index in [2.05, 4.69) is 61.8 Å². The van der Waals surface area contributed by atoms with Crippen LogP contribution in [0.25, 0.3) is 0 Å². The highest BCUT2D eigenvalue weighted by Gasteiger charge is 2.18. The summed E-state index contributed by atoms with van der Waals surface area (Å²) in [6.45, 7) is 4.52. The van der Waals surface area contributed by atoms with Gasteiger partial charge in [0, 0.05) is 11.5 Å². The highest BCUT2D eigenvalue weighted by Crippen LogP contribution is 2.31. The predicted molar refractivity (Wildman–Crippen MR) is 114 cm³/mol. The molecular formula is C26H34. The second kappa shape index (κ2) is 12.4. The van der Waals surface area contributed by atoms with Gasteiger partial charge in [0.15, 0.2) is 0 Å². The first-order valence-corrected chi connectivity index (χ1v) is 10.6. The largest absolute Gasteiger partial charge is 0.0951 e. The molecule has 138 valence electrons. The summed E-state index contributed by atoms with van der Waals surface area (Å²) >= 11 is 0. The maximum atomic E-state index is 3.42. The van der Waals surface area contributed by atoms with Crippen molar-refractivity contribution in [2.45, 2.75) is 78.1 Å². The lowest BCUT2D eigenvalue weighted by Gasteiger charge is -2.25. The number of hydrogen-bond acceptors (Lipinski definition) is 0. The Morgan fingerprint density at radius 2 is 1.58 bits per heavy atom. The maximum Gasteiger partial charge on any atom is 0.0249 e. The van der Waals surface area contributed by atoms with Gasteiger partial charge in [0.2, 0.25) is 0 Å². The molecule has 1 saturated carbocycles. The molecule has 0 aliphatic heterocycles. The van der Waals surface area contributed by atoms with Gasteiger partial charge in [0.25, 0.3) is 0 Å². The van der Waals surface area contributed by atoms with E-state index in [1.165, 1.54) is 69.8 Å². The first-order valence-electron chi connectivity index (χ1n) is 10.6. The quantitative estimate of drug-likeness (QED) is 0.489. The average molecular weight is 347 g/mol. The first kappa shape index (κ1) is 20.4. The Bertz CT molecular complexity index is 646. The Balaban J connectivity index is 1.72. The van der Waals surface area contributed by atoms with Gasteiger partial charge in [-0.25, -0.2) is 0 Å². The molecular weight excluding hydrogens is 312 g/mol. The molecule has 1 aliphatic carbocycles. The van der Waals surface area contributed by atoms with Crippen molar-refractivity contribution in [3.8, 4) is 23.7 Å². The van der Waals surface area contributed by atoms with E-state index in [1.807, 2.05) is 12.2 Å². The van der Waals surface area contributed by atoms with Crippen molar-refractivity contribution in [1.29, 1.82) is 0 Å². The van der Waals surface area contributed by atoms with E-state index in [9.17, 15) is 0 Å². The van der Waals surface area contributed by atoms with E-state index < -0.39 is 0 Å². The minimum Gasteiger partial charge on any atom is -0.0951 e. The molecule has 1 fully saturated rings. The fourth-order valence-corrected chi connectivity index (χ4v) is 3.60. The minimum atomic E-state index is 0.598. The Morgan fingerprint density at radius 1 is 0.885 bits per heavy atom. The number of hydrogen-bond donors (Lipinski definition) is 0. The Kier molecular flexibility index (Phi) is 9.75. The molecule has 0 bridgehead atoms. The third kappa shape index (κ3) is 7.97. The second-order valence-electron chi connectivity index (χ2n) is 7.55. The zero-order chi connectivity index (χ0) is 18.5. The van der Waals surface area contributed by atoms with Crippen LogP contribution in [0.3, 0.4) is 0 Å². The predicted octanol–water partition coefficient (Wildman–Crippen LogP) is 6.94. The van der Waals surface area contributed by atoms with Crippen molar-refractivity contribution < 1.29 is 0 Å². The van der Waals surface area contributed by atoms with Crippen LogP contribution >= 0.6 is 0 Å². The fraction of sp³-hybridized carbons (Fsp3) is 0.538. The van der Waals surface area contributed by atoms with Crippen LogP contribution in [0.15, 0.2) is 36.4 Å². The average Bonchev–Trinajstić information content (AvgIpc) is 2.69. The number of rotatable bonds is 6. The number of allylic oxidation sites excluding steroid dienone is 2. The molecule has 0 nitrogen and oxygen atoms in total. The lowest BCUT2D eigenvalue weighted by atomic mass is 9.80. The van der Waals surface area contributed by atoms with Crippen molar-refractivity contribution >= 4 is 0 Å². The van der Waals surface area contributed by atoms with E-state index >= 15 is 0 Å². The second-order valence-corrected chi connectivity index (χ2v) is 7.55. The van der Waals surface area contributed by atoms with Gasteiger partial charge in [0.1, 0.15) is 0 Å². The van der Waals surface area contributed by atoms with Crippen LogP contribution in [-0.2, 0) is 6.42 Å². The van der Waals surface area contributed by atoms with Gasteiger partial charge in [0.05, 0.1) is 0 Å².